The number of rotatable bonds is 15. The lowest BCUT2D eigenvalue weighted by Crippen LogP contribution is -2.70. The van der Waals surface area contributed by atoms with E-state index in [2.05, 4.69) is 20.9 Å². The van der Waals surface area contributed by atoms with Gasteiger partial charge in [-0.2, -0.15) is 0 Å². The van der Waals surface area contributed by atoms with Gasteiger partial charge in [-0.25, -0.2) is 4.79 Å². The largest absolute Gasteiger partial charge is 0.390 e. The number of hydrogen-bond donors (Lipinski definition) is 13. The van der Waals surface area contributed by atoms with Crippen LogP contribution in [0.5, 0.6) is 0 Å². The third kappa shape index (κ3) is 9.75. The minimum Gasteiger partial charge on any atom is -0.390 e. The van der Waals surface area contributed by atoms with Crippen molar-refractivity contribution in [2.24, 2.45) is 28.7 Å². The number of hydrogen-bond acceptors (Lipinski definition) is 17. The van der Waals surface area contributed by atoms with Gasteiger partial charge in [-0.3, -0.25) is 23.9 Å². The van der Waals surface area contributed by atoms with Crippen molar-refractivity contribution in [3.8, 4) is 0 Å². The van der Waals surface area contributed by atoms with Crippen molar-refractivity contribution in [3.05, 3.63) is 32.6 Å². The van der Waals surface area contributed by atoms with Crippen LogP contribution in [-0.2, 0) is 23.8 Å². The summed E-state index contributed by atoms with van der Waals surface area (Å²) in [6.45, 7) is 1.88. The predicted molar refractivity (Wildman–Crippen MR) is 179 cm³/mol. The number of carbonyl (C=O) groups excluding carboxylic acids is 2. The molecular weight excluding hydrogens is 676 g/mol. The Balaban J connectivity index is 1.36. The fourth-order valence-corrected chi connectivity index (χ4v) is 6.59. The molecule has 0 unspecified atom stereocenters. The molecule has 51 heavy (non-hydrogen) atoms. The van der Waals surface area contributed by atoms with Gasteiger partial charge in [0.2, 0.25) is 5.91 Å². The average molecular weight is 731 g/mol. The molecule has 0 bridgehead atoms. The first-order valence-electron chi connectivity index (χ1n) is 17.2. The second-order valence-electron chi connectivity index (χ2n) is 13.4. The van der Waals surface area contributed by atoms with E-state index >= 15 is 0 Å². The molecule has 290 valence electrons. The van der Waals surface area contributed by atoms with Gasteiger partial charge in [0.1, 0.15) is 30.6 Å². The molecule has 18 N–H and O–H groups in total. The maximum atomic E-state index is 13.3. The number of aromatic amines is 1. The summed E-state index contributed by atoms with van der Waals surface area (Å²) < 4.78 is 18.6. The van der Waals surface area contributed by atoms with Crippen molar-refractivity contribution in [2.45, 2.75) is 124 Å². The minimum atomic E-state index is -1.40. The third-order valence-electron chi connectivity index (χ3n) is 9.59. The molecule has 1 aromatic rings. The van der Waals surface area contributed by atoms with E-state index in [1.54, 1.807) is 0 Å². The summed E-state index contributed by atoms with van der Waals surface area (Å²) in [6, 6.07) is -4.43. The molecule has 0 aromatic carbocycles. The monoisotopic (exact) mass is 730 g/mol. The Labute approximate surface area is 293 Å². The van der Waals surface area contributed by atoms with E-state index in [0.29, 0.717) is 19.4 Å². The summed E-state index contributed by atoms with van der Waals surface area (Å²) in [5.74, 6) is -1.30. The van der Waals surface area contributed by atoms with Crippen molar-refractivity contribution < 1.29 is 44.2 Å². The molecule has 4 rings (SSSR count). The maximum absolute atomic E-state index is 13.3. The van der Waals surface area contributed by atoms with Crippen LogP contribution >= 0.6 is 0 Å². The first-order valence-corrected chi connectivity index (χ1v) is 17.2. The number of nitrogens with zero attached hydrogens (tertiary/aromatic N) is 1. The number of aliphatic hydroxyl groups excluding tert-OH is 4. The first-order chi connectivity index (χ1) is 24.2. The third-order valence-corrected chi connectivity index (χ3v) is 9.59. The highest BCUT2D eigenvalue weighted by Gasteiger charge is 2.48. The summed E-state index contributed by atoms with van der Waals surface area (Å²) in [5.41, 5.74) is 28.8. The lowest BCUT2D eigenvalue weighted by atomic mass is 9.82. The van der Waals surface area contributed by atoms with Gasteiger partial charge in [0.25, 0.3) is 11.5 Å². The van der Waals surface area contributed by atoms with Crippen molar-refractivity contribution in [1.82, 2.24) is 25.5 Å². The van der Waals surface area contributed by atoms with Gasteiger partial charge in [0, 0.05) is 49.9 Å². The topological polar surface area (TPSA) is 364 Å². The average Bonchev–Trinajstić information content (AvgIpc) is 3.48. The first kappa shape index (κ1) is 40.9. The lowest BCUT2D eigenvalue weighted by Gasteiger charge is -2.47. The molecule has 21 nitrogen and oxygen atoms in total. The van der Waals surface area contributed by atoms with Crippen molar-refractivity contribution in [1.29, 1.82) is 0 Å². The molecule has 0 spiro atoms. The van der Waals surface area contributed by atoms with Gasteiger partial charge < -0.3 is 79.3 Å². The van der Waals surface area contributed by atoms with Gasteiger partial charge >= 0.3 is 5.69 Å². The fraction of sp³-hybridized carbons (Fsp3) is 0.800. The molecule has 0 radical (unpaired) electrons. The zero-order valence-electron chi connectivity index (χ0n) is 28.5. The van der Waals surface area contributed by atoms with Gasteiger partial charge in [0.05, 0.1) is 30.4 Å². The highest BCUT2D eigenvalue weighted by molar-refractivity contribution is 5.89. The van der Waals surface area contributed by atoms with Crippen LogP contribution in [0.1, 0.15) is 43.9 Å². The van der Waals surface area contributed by atoms with Crippen molar-refractivity contribution >= 4 is 11.8 Å². The van der Waals surface area contributed by atoms with Crippen LogP contribution in [0.25, 0.3) is 0 Å². The Morgan fingerprint density at radius 3 is 2.43 bits per heavy atom. The number of aryl methyl sites for hydroxylation is 1. The van der Waals surface area contributed by atoms with Crippen molar-refractivity contribution in [3.63, 3.8) is 0 Å². The summed E-state index contributed by atoms with van der Waals surface area (Å²) in [7, 11) is 0. The van der Waals surface area contributed by atoms with E-state index < -0.39 is 109 Å². The number of unbranched alkanes of at least 4 members (excludes halogenated alkanes) is 1. The second-order valence-corrected chi connectivity index (χ2v) is 13.4. The maximum Gasteiger partial charge on any atom is 0.330 e. The number of nitrogens with one attached hydrogen (secondary N) is 4. The van der Waals surface area contributed by atoms with Gasteiger partial charge in [-0.15, -0.1) is 0 Å². The SMILES string of the molecule is Cc1cn([C@H]2C[C@H](O)[C@@H](C(=O)N[C@@H](CCCCN)C(=O)NCCN[C@H]3[C@@H](O)[C@H](N)C[C@H](N)[C@H]3O[C@H]3O[C@H](CN)[C@@H](O)[C@H](O)[C@H]3N)O2)c(=O)[nH]c1=O. The summed E-state index contributed by atoms with van der Waals surface area (Å²) >= 11 is 0. The Bertz CT molecular complexity index is 1430. The quantitative estimate of drug-likeness (QED) is 0.0745. The molecule has 3 heterocycles. The van der Waals surface area contributed by atoms with E-state index in [4.69, 9.17) is 42.9 Å². The molecule has 21 heteroatoms. The molecule has 3 fully saturated rings. The fourth-order valence-electron chi connectivity index (χ4n) is 6.59. The van der Waals surface area contributed by atoms with E-state index in [9.17, 15) is 39.6 Å². The van der Waals surface area contributed by atoms with E-state index in [-0.39, 0.29) is 44.5 Å². The molecule has 1 aliphatic carbocycles. The van der Waals surface area contributed by atoms with Gasteiger partial charge in [-0.05, 0) is 39.2 Å². The molecule has 1 aromatic heterocycles. The van der Waals surface area contributed by atoms with Crippen LogP contribution < -0.4 is 55.9 Å². The van der Waals surface area contributed by atoms with Gasteiger partial charge in [-0.1, -0.05) is 0 Å². The van der Waals surface area contributed by atoms with Crippen LogP contribution in [0.2, 0.25) is 0 Å². The molecule has 14 atom stereocenters. The lowest BCUT2D eigenvalue weighted by molar-refractivity contribution is -0.279. The predicted octanol–water partition coefficient (Wildman–Crippen LogP) is -7.28. The molecular formula is C30H54N10O11. The Hall–Kier alpha value is -2.90. The van der Waals surface area contributed by atoms with Crippen LogP contribution in [0.4, 0.5) is 0 Å². The molecule has 1 saturated carbocycles. The standard InChI is InChI=1S/C30H54N10O11/c1-12-11-40(30(48)39-26(12)45)18-9-16(41)25(50-18)28(47)38-15(4-2-3-5-31)27(46)37-7-6-36-20-21(42)13(33)8-14(34)24(20)51-29-19(35)23(44)22(43)17(10-32)49-29/h11,13-25,29,36,41-44H,2-10,31-35H2,1H3,(H,37,46)(H,38,47)(H,39,45,48)/t13-,14+,15+,16+,17-,18-,19-,20+,21+,22-,23-,24-,25+,29-/m1/s1. The van der Waals surface area contributed by atoms with Crippen molar-refractivity contribution in [2.75, 3.05) is 26.2 Å². The Morgan fingerprint density at radius 1 is 1.02 bits per heavy atom. The van der Waals surface area contributed by atoms with E-state index in [1.165, 1.54) is 13.1 Å². The van der Waals surface area contributed by atoms with E-state index in [0.717, 1.165) is 4.57 Å². The second kappa shape index (κ2) is 18.2. The van der Waals surface area contributed by atoms with E-state index in [1.807, 2.05) is 0 Å². The number of nitrogens with two attached hydrogens (primary N) is 5. The Morgan fingerprint density at radius 2 is 1.75 bits per heavy atom. The number of amides is 2. The number of carbonyl (C=O) groups is 2. The molecule has 2 aliphatic heterocycles. The Kier molecular flexibility index (Phi) is 14.6. The number of aromatic nitrogens is 2. The van der Waals surface area contributed by atoms with Crippen LogP contribution in [0.3, 0.4) is 0 Å². The number of H-pyrrole nitrogens is 1. The smallest absolute Gasteiger partial charge is 0.330 e. The zero-order chi connectivity index (χ0) is 37.6. The molecule has 2 saturated heterocycles. The van der Waals surface area contributed by atoms with Gasteiger partial charge in [0.15, 0.2) is 12.4 Å². The summed E-state index contributed by atoms with van der Waals surface area (Å²) in [6.07, 6.45) is -7.98. The summed E-state index contributed by atoms with van der Waals surface area (Å²) in [5, 5.41) is 50.7. The normalized spacial score (nSPS) is 36.1. The van der Waals surface area contributed by atoms with Crippen LogP contribution in [0, 0.1) is 6.92 Å². The highest BCUT2D eigenvalue weighted by atomic mass is 16.7. The van der Waals surface area contributed by atoms with Crippen LogP contribution in [-0.4, -0.2) is 147 Å². The zero-order valence-corrected chi connectivity index (χ0v) is 28.5. The minimum absolute atomic E-state index is 0.0290. The molecule has 2 amide bonds. The number of ether oxygens (including phenoxy) is 3. The molecule has 3 aliphatic rings. The number of aliphatic hydroxyl groups is 4. The summed E-state index contributed by atoms with van der Waals surface area (Å²) in [4.78, 5) is 52.8. The highest BCUT2D eigenvalue weighted by Crippen LogP contribution is 2.29. The van der Waals surface area contributed by atoms with Crippen LogP contribution in [0.15, 0.2) is 15.8 Å².